The van der Waals surface area contributed by atoms with Crippen molar-refractivity contribution >= 4 is 17.4 Å². The van der Waals surface area contributed by atoms with E-state index in [0.717, 1.165) is 16.8 Å². The molecular formula is C22H23FN4O. The van der Waals surface area contributed by atoms with E-state index in [2.05, 4.69) is 15.3 Å². The van der Waals surface area contributed by atoms with Crippen LogP contribution in [-0.2, 0) is 6.54 Å². The summed E-state index contributed by atoms with van der Waals surface area (Å²) in [4.78, 5) is 23.4. The number of halogens is 1. The fraction of sp³-hybridized carbons (Fsp3) is 0.227. The summed E-state index contributed by atoms with van der Waals surface area (Å²) in [5.41, 5.74) is 3.17. The van der Waals surface area contributed by atoms with Gasteiger partial charge in [-0.2, -0.15) is 0 Å². The highest BCUT2D eigenvalue weighted by atomic mass is 19.1. The van der Waals surface area contributed by atoms with E-state index in [9.17, 15) is 9.18 Å². The van der Waals surface area contributed by atoms with E-state index in [1.54, 1.807) is 30.0 Å². The number of amides is 1. The highest BCUT2D eigenvalue weighted by Crippen LogP contribution is 2.19. The molecule has 0 aliphatic rings. The van der Waals surface area contributed by atoms with Gasteiger partial charge >= 0.3 is 0 Å². The average Bonchev–Trinajstić information content (AvgIpc) is 2.68. The number of hydrogen-bond donors (Lipinski definition) is 1. The molecule has 3 aromatic rings. The van der Waals surface area contributed by atoms with Gasteiger partial charge < -0.3 is 10.2 Å². The van der Waals surface area contributed by atoms with Crippen molar-refractivity contribution in [3.63, 3.8) is 0 Å². The first-order valence-corrected chi connectivity index (χ1v) is 9.19. The Morgan fingerprint density at radius 2 is 1.82 bits per heavy atom. The number of rotatable bonds is 6. The van der Waals surface area contributed by atoms with Crippen LogP contribution < -0.4 is 10.2 Å². The Morgan fingerprint density at radius 3 is 2.50 bits per heavy atom. The molecule has 0 spiro atoms. The van der Waals surface area contributed by atoms with E-state index in [1.165, 1.54) is 12.1 Å². The molecule has 0 bridgehead atoms. The molecule has 0 saturated carbocycles. The Kier molecular flexibility index (Phi) is 5.99. The molecule has 0 atom stereocenters. The summed E-state index contributed by atoms with van der Waals surface area (Å²) < 4.78 is 13.0. The molecule has 6 heteroatoms. The molecule has 144 valence electrons. The number of anilines is 2. The smallest absolute Gasteiger partial charge is 0.277 e. The maximum Gasteiger partial charge on any atom is 0.277 e. The Bertz CT molecular complexity index is 973. The molecule has 1 amide bonds. The van der Waals surface area contributed by atoms with Crippen LogP contribution in [0.4, 0.5) is 15.9 Å². The predicted octanol–water partition coefficient (Wildman–Crippen LogP) is 4.51. The van der Waals surface area contributed by atoms with Crippen LogP contribution in [0.2, 0.25) is 0 Å². The highest BCUT2D eigenvalue weighted by molar-refractivity contribution is 6.05. The lowest BCUT2D eigenvalue weighted by molar-refractivity contribution is 0.0983. The molecule has 1 heterocycles. The molecule has 1 N–H and O–H groups in total. The van der Waals surface area contributed by atoms with Gasteiger partial charge in [0.15, 0.2) is 0 Å². The number of aryl methyl sites for hydroxylation is 2. The summed E-state index contributed by atoms with van der Waals surface area (Å²) in [6.45, 7) is 6.68. The first-order valence-electron chi connectivity index (χ1n) is 9.19. The van der Waals surface area contributed by atoms with Gasteiger partial charge in [0.1, 0.15) is 23.2 Å². The van der Waals surface area contributed by atoms with E-state index in [-0.39, 0.29) is 11.7 Å². The van der Waals surface area contributed by atoms with Crippen molar-refractivity contribution < 1.29 is 9.18 Å². The van der Waals surface area contributed by atoms with Crippen LogP contribution in [0, 0.1) is 19.7 Å². The minimum atomic E-state index is -0.273. The van der Waals surface area contributed by atoms with Gasteiger partial charge in [0.05, 0.1) is 0 Å². The van der Waals surface area contributed by atoms with Crippen LogP contribution in [-0.4, -0.2) is 22.4 Å². The van der Waals surface area contributed by atoms with Crippen LogP contribution in [0.25, 0.3) is 0 Å². The zero-order valence-corrected chi connectivity index (χ0v) is 16.2. The average molecular weight is 378 g/mol. The van der Waals surface area contributed by atoms with Gasteiger partial charge in [-0.3, -0.25) is 4.79 Å². The molecule has 3 rings (SSSR count). The molecule has 1 aromatic heterocycles. The van der Waals surface area contributed by atoms with Crippen LogP contribution in [0.1, 0.15) is 34.4 Å². The van der Waals surface area contributed by atoms with E-state index in [1.807, 2.05) is 38.1 Å². The SMILES string of the molecule is CCN(C(=O)c1cc(NCc2ccc(F)cc2)nc(C)n1)c1cccc(C)c1. The zero-order valence-electron chi connectivity index (χ0n) is 16.2. The zero-order chi connectivity index (χ0) is 20.1. The van der Waals surface area contributed by atoms with E-state index in [4.69, 9.17) is 0 Å². The molecule has 0 aliphatic carbocycles. The number of carbonyl (C=O) groups is 1. The standard InChI is InChI=1S/C22H23FN4O/c1-4-27(19-7-5-6-15(2)12-19)22(28)20-13-21(26-16(3)25-20)24-14-17-8-10-18(23)11-9-17/h5-13H,4,14H2,1-3H3,(H,24,25,26). The number of aromatic nitrogens is 2. The second kappa shape index (κ2) is 8.61. The maximum absolute atomic E-state index is 13.1. The second-order valence-electron chi connectivity index (χ2n) is 6.55. The number of benzene rings is 2. The summed E-state index contributed by atoms with van der Waals surface area (Å²) in [5.74, 6) is 0.613. The normalized spacial score (nSPS) is 10.6. The van der Waals surface area contributed by atoms with Gasteiger partial charge in [0.25, 0.3) is 5.91 Å². The third kappa shape index (κ3) is 4.71. The van der Waals surface area contributed by atoms with Crippen molar-refractivity contribution in [2.75, 3.05) is 16.8 Å². The Morgan fingerprint density at radius 1 is 1.07 bits per heavy atom. The molecule has 0 fully saturated rings. The van der Waals surface area contributed by atoms with Gasteiger partial charge in [0.2, 0.25) is 0 Å². The lowest BCUT2D eigenvalue weighted by atomic mass is 10.2. The third-order valence-corrected chi connectivity index (χ3v) is 4.32. The van der Waals surface area contributed by atoms with Crippen molar-refractivity contribution in [1.29, 1.82) is 0 Å². The largest absolute Gasteiger partial charge is 0.366 e. The number of carbonyl (C=O) groups excluding carboxylic acids is 1. The Labute approximate surface area is 164 Å². The van der Waals surface area contributed by atoms with Crippen molar-refractivity contribution in [1.82, 2.24) is 9.97 Å². The molecule has 0 aliphatic heterocycles. The molecule has 2 aromatic carbocycles. The summed E-state index contributed by atoms with van der Waals surface area (Å²) in [7, 11) is 0. The van der Waals surface area contributed by atoms with E-state index < -0.39 is 0 Å². The predicted molar refractivity (Wildman–Crippen MR) is 109 cm³/mol. The molecule has 0 unspecified atom stereocenters. The lowest BCUT2D eigenvalue weighted by Crippen LogP contribution is -2.31. The minimum Gasteiger partial charge on any atom is -0.366 e. The molecule has 0 radical (unpaired) electrons. The second-order valence-corrected chi connectivity index (χ2v) is 6.55. The topological polar surface area (TPSA) is 58.1 Å². The van der Waals surface area contributed by atoms with Crippen molar-refractivity contribution in [3.05, 3.63) is 83.1 Å². The third-order valence-electron chi connectivity index (χ3n) is 4.32. The first kappa shape index (κ1) is 19.5. The molecule has 28 heavy (non-hydrogen) atoms. The van der Waals surface area contributed by atoms with Crippen LogP contribution in [0.3, 0.4) is 0 Å². The summed E-state index contributed by atoms with van der Waals surface area (Å²) in [6, 6.07) is 15.7. The van der Waals surface area contributed by atoms with E-state index >= 15 is 0 Å². The van der Waals surface area contributed by atoms with Gasteiger partial charge in [-0.15, -0.1) is 0 Å². The molecule has 0 saturated heterocycles. The van der Waals surface area contributed by atoms with E-state index in [0.29, 0.717) is 30.4 Å². The van der Waals surface area contributed by atoms with Crippen molar-refractivity contribution in [2.45, 2.75) is 27.3 Å². The quantitative estimate of drug-likeness (QED) is 0.686. The number of nitrogens with zero attached hydrogens (tertiary/aromatic N) is 3. The summed E-state index contributed by atoms with van der Waals surface area (Å²) >= 11 is 0. The highest BCUT2D eigenvalue weighted by Gasteiger charge is 2.19. The Balaban J connectivity index is 1.81. The summed E-state index contributed by atoms with van der Waals surface area (Å²) in [6.07, 6.45) is 0. The van der Waals surface area contributed by atoms with Crippen molar-refractivity contribution in [2.24, 2.45) is 0 Å². The van der Waals surface area contributed by atoms with Crippen LogP contribution in [0.5, 0.6) is 0 Å². The van der Waals surface area contributed by atoms with Gasteiger partial charge in [-0.1, -0.05) is 24.3 Å². The van der Waals surface area contributed by atoms with Crippen LogP contribution in [0.15, 0.2) is 54.6 Å². The maximum atomic E-state index is 13.1. The lowest BCUT2D eigenvalue weighted by Gasteiger charge is -2.21. The fourth-order valence-electron chi connectivity index (χ4n) is 2.94. The first-order chi connectivity index (χ1) is 13.5. The fourth-order valence-corrected chi connectivity index (χ4v) is 2.94. The Hall–Kier alpha value is -3.28. The van der Waals surface area contributed by atoms with Gasteiger partial charge in [0, 0.05) is 24.8 Å². The molecule has 5 nitrogen and oxygen atoms in total. The number of hydrogen-bond acceptors (Lipinski definition) is 4. The van der Waals surface area contributed by atoms with Gasteiger partial charge in [-0.05, 0) is 56.2 Å². The van der Waals surface area contributed by atoms with Crippen LogP contribution >= 0.6 is 0 Å². The molecular weight excluding hydrogens is 355 g/mol. The number of nitrogens with one attached hydrogen (secondary N) is 1. The minimum absolute atomic E-state index is 0.177. The van der Waals surface area contributed by atoms with Crippen molar-refractivity contribution in [3.8, 4) is 0 Å². The monoisotopic (exact) mass is 378 g/mol. The van der Waals surface area contributed by atoms with Gasteiger partial charge in [-0.25, -0.2) is 14.4 Å². The summed E-state index contributed by atoms with van der Waals surface area (Å²) in [5, 5.41) is 3.18.